The van der Waals surface area contributed by atoms with Crippen molar-refractivity contribution >= 4 is 34.9 Å². The van der Waals surface area contributed by atoms with Gasteiger partial charge < -0.3 is 20.5 Å². The molecule has 0 saturated carbocycles. The summed E-state index contributed by atoms with van der Waals surface area (Å²) in [6, 6.07) is 2.13. The summed E-state index contributed by atoms with van der Waals surface area (Å²) in [4.78, 5) is 8.93. The van der Waals surface area contributed by atoms with E-state index < -0.39 is 0 Å². The molecule has 9 heteroatoms. The summed E-state index contributed by atoms with van der Waals surface area (Å²) < 4.78 is 8.13. The molecule has 3 heterocycles. The minimum absolute atomic E-state index is 0.0275. The molecule has 8 nitrogen and oxygen atoms in total. The van der Waals surface area contributed by atoms with E-state index in [1.807, 2.05) is 17.8 Å². The van der Waals surface area contributed by atoms with Crippen LogP contribution in [0.1, 0.15) is 77.0 Å². The fourth-order valence-corrected chi connectivity index (χ4v) is 5.67. The van der Waals surface area contributed by atoms with Crippen LogP contribution in [0.2, 0.25) is 0 Å². The van der Waals surface area contributed by atoms with Gasteiger partial charge in [0.25, 0.3) is 0 Å². The third kappa shape index (κ3) is 5.56. The molecular weight excluding hydrogens is 472 g/mol. The zero-order valence-electron chi connectivity index (χ0n) is 22.3. The second-order valence-corrected chi connectivity index (χ2v) is 11.4. The van der Waals surface area contributed by atoms with Crippen LogP contribution >= 0.6 is 11.8 Å². The van der Waals surface area contributed by atoms with Crippen LogP contribution in [-0.4, -0.2) is 36.2 Å². The van der Waals surface area contributed by atoms with E-state index in [1.165, 1.54) is 22.9 Å². The number of ether oxygens (including phenoxy) is 1. The highest BCUT2D eigenvalue weighted by Crippen LogP contribution is 2.44. The predicted molar refractivity (Wildman–Crippen MR) is 147 cm³/mol. The van der Waals surface area contributed by atoms with E-state index >= 15 is 0 Å². The molecule has 0 spiro atoms. The van der Waals surface area contributed by atoms with Gasteiger partial charge in [-0.3, -0.25) is 4.68 Å². The first-order chi connectivity index (χ1) is 17.2. The lowest BCUT2D eigenvalue weighted by Crippen LogP contribution is -2.06. The molecule has 0 aliphatic carbocycles. The Morgan fingerprint density at radius 3 is 2.69 bits per heavy atom. The Morgan fingerprint density at radius 2 is 2.00 bits per heavy atom. The SMILES string of the molecule is CCCC(C)c1c(C)cc(Nc2ncc(O)c(Nc3cn(CC)nc3SC(C)C)n2)c2c1C[C@@H](C)O2. The van der Waals surface area contributed by atoms with E-state index in [0.29, 0.717) is 22.9 Å². The zero-order chi connectivity index (χ0) is 26.0. The van der Waals surface area contributed by atoms with E-state index in [2.05, 4.69) is 73.3 Å². The molecule has 0 amide bonds. The molecular formula is C27H38N6O2S. The summed E-state index contributed by atoms with van der Waals surface area (Å²) in [5.74, 6) is 2.05. The number of rotatable bonds is 10. The molecule has 0 fully saturated rings. The monoisotopic (exact) mass is 510 g/mol. The Kier molecular flexibility index (Phi) is 7.97. The van der Waals surface area contributed by atoms with Gasteiger partial charge in [0.15, 0.2) is 11.6 Å². The maximum atomic E-state index is 10.5. The smallest absolute Gasteiger partial charge is 0.229 e. The van der Waals surface area contributed by atoms with Gasteiger partial charge in [0, 0.05) is 30.0 Å². The first-order valence-electron chi connectivity index (χ1n) is 12.9. The Labute approximate surface area is 218 Å². The van der Waals surface area contributed by atoms with E-state index in [-0.39, 0.29) is 11.9 Å². The van der Waals surface area contributed by atoms with Crippen molar-refractivity contribution in [1.29, 1.82) is 0 Å². The quantitative estimate of drug-likeness (QED) is 0.253. The standard InChI is InChI=1S/C27H38N6O2S/c1-8-10-16(5)23-17(6)11-20(24-19(23)12-18(7)35-24)30-27-28-13-22(34)25(31-27)29-21-14-33(9-2)32-26(21)36-15(3)4/h11,13-16,18,34H,8-10,12H2,1-7H3,(H2,28,29,30,31)/t16?,18-/m1/s1. The number of aryl methyl sites for hydroxylation is 2. The van der Waals surface area contributed by atoms with Crippen molar-refractivity contribution in [3.05, 3.63) is 35.2 Å². The second kappa shape index (κ2) is 11.0. The topological polar surface area (TPSA) is 97.1 Å². The molecule has 3 aromatic rings. The molecule has 194 valence electrons. The minimum atomic E-state index is -0.0275. The van der Waals surface area contributed by atoms with Crippen LogP contribution in [0, 0.1) is 6.92 Å². The number of aromatic hydroxyl groups is 1. The zero-order valence-corrected chi connectivity index (χ0v) is 23.2. The van der Waals surface area contributed by atoms with Crippen molar-refractivity contribution in [3.63, 3.8) is 0 Å². The summed E-state index contributed by atoms with van der Waals surface area (Å²) in [6.07, 6.45) is 6.66. The van der Waals surface area contributed by atoms with Gasteiger partial charge in [-0.25, -0.2) is 4.98 Å². The Bertz CT molecular complexity index is 1230. The molecule has 0 bridgehead atoms. The lowest BCUT2D eigenvalue weighted by atomic mass is 9.86. The van der Waals surface area contributed by atoms with Crippen molar-refractivity contribution in [2.45, 2.75) is 96.6 Å². The summed E-state index contributed by atoms with van der Waals surface area (Å²) in [5, 5.41) is 23.0. The molecule has 4 rings (SSSR count). The van der Waals surface area contributed by atoms with Crippen molar-refractivity contribution < 1.29 is 9.84 Å². The molecule has 0 saturated heterocycles. The first kappa shape index (κ1) is 26.1. The van der Waals surface area contributed by atoms with Crippen molar-refractivity contribution in [2.75, 3.05) is 10.6 Å². The number of aromatic nitrogens is 4. The highest BCUT2D eigenvalue weighted by molar-refractivity contribution is 8.00. The number of hydrogen-bond acceptors (Lipinski definition) is 8. The molecule has 2 aromatic heterocycles. The fourth-order valence-electron chi connectivity index (χ4n) is 4.84. The lowest BCUT2D eigenvalue weighted by molar-refractivity contribution is 0.256. The third-order valence-electron chi connectivity index (χ3n) is 6.32. The number of anilines is 4. The highest BCUT2D eigenvalue weighted by atomic mass is 32.2. The third-order valence-corrected chi connectivity index (χ3v) is 7.32. The van der Waals surface area contributed by atoms with E-state index in [4.69, 9.17) is 4.74 Å². The molecule has 1 unspecified atom stereocenters. The van der Waals surface area contributed by atoms with E-state index in [1.54, 1.807) is 11.8 Å². The van der Waals surface area contributed by atoms with E-state index in [9.17, 15) is 5.11 Å². The van der Waals surface area contributed by atoms with Gasteiger partial charge in [0.1, 0.15) is 16.9 Å². The van der Waals surface area contributed by atoms with Gasteiger partial charge in [-0.15, -0.1) is 0 Å². The Morgan fingerprint density at radius 1 is 1.22 bits per heavy atom. The van der Waals surface area contributed by atoms with Crippen molar-refractivity contribution in [3.8, 4) is 11.5 Å². The summed E-state index contributed by atoms with van der Waals surface area (Å²) in [5.41, 5.74) is 5.59. The van der Waals surface area contributed by atoms with Gasteiger partial charge in [0.2, 0.25) is 5.95 Å². The molecule has 1 aliphatic rings. The van der Waals surface area contributed by atoms with Crippen LogP contribution in [0.3, 0.4) is 0 Å². The number of thioether (sulfide) groups is 1. The molecule has 1 aliphatic heterocycles. The van der Waals surface area contributed by atoms with Crippen molar-refractivity contribution in [1.82, 2.24) is 19.7 Å². The van der Waals surface area contributed by atoms with Crippen LogP contribution < -0.4 is 15.4 Å². The van der Waals surface area contributed by atoms with Crippen LogP contribution in [0.25, 0.3) is 0 Å². The van der Waals surface area contributed by atoms with Crippen LogP contribution in [0.5, 0.6) is 11.5 Å². The highest BCUT2D eigenvalue weighted by Gasteiger charge is 2.29. The summed E-state index contributed by atoms with van der Waals surface area (Å²) >= 11 is 1.66. The fraction of sp³-hybridized carbons (Fsp3) is 0.519. The average molecular weight is 511 g/mol. The minimum Gasteiger partial charge on any atom is -0.503 e. The van der Waals surface area contributed by atoms with E-state index in [0.717, 1.165) is 48.0 Å². The Balaban J connectivity index is 1.65. The first-order valence-corrected chi connectivity index (χ1v) is 13.7. The number of fused-ring (bicyclic) bond motifs is 1. The molecule has 3 N–H and O–H groups in total. The number of nitrogens with zero attached hydrogens (tertiary/aromatic N) is 4. The van der Waals surface area contributed by atoms with Crippen molar-refractivity contribution in [2.24, 2.45) is 0 Å². The summed E-state index contributed by atoms with van der Waals surface area (Å²) in [6.45, 7) is 15.9. The molecule has 0 radical (unpaired) electrons. The normalized spacial score (nSPS) is 15.6. The Hall–Kier alpha value is -2.94. The molecule has 2 atom stereocenters. The molecule has 36 heavy (non-hydrogen) atoms. The lowest BCUT2D eigenvalue weighted by Gasteiger charge is -2.20. The largest absolute Gasteiger partial charge is 0.503 e. The number of hydrogen-bond donors (Lipinski definition) is 3. The molecule has 1 aromatic carbocycles. The average Bonchev–Trinajstić information content (AvgIpc) is 3.38. The second-order valence-electron chi connectivity index (χ2n) is 9.83. The van der Waals surface area contributed by atoms with Gasteiger partial charge >= 0.3 is 0 Å². The maximum absolute atomic E-state index is 10.5. The summed E-state index contributed by atoms with van der Waals surface area (Å²) in [7, 11) is 0. The van der Waals surface area contributed by atoms with Crippen LogP contribution in [0.15, 0.2) is 23.5 Å². The van der Waals surface area contributed by atoms with Crippen LogP contribution in [-0.2, 0) is 13.0 Å². The van der Waals surface area contributed by atoms with Gasteiger partial charge in [0.05, 0.1) is 17.6 Å². The maximum Gasteiger partial charge on any atom is 0.229 e. The predicted octanol–water partition coefficient (Wildman–Crippen LogP) is 6.92. The van der Waals surface area contributed by atoms with Crippen LogP contribution in [0.4, 0.5) is 23.1 Å². The van der Waals surface area contributed by atoms with Gasteiger partial charge in [-0.05, 0) is 50.3 Å². The van der Waals surface area contributed by atoms with Gasteiger partial charge in [-0.2, -0.15) is 10.1 Å². The van der Waals surface area contributed by atoms with Gasteiger partial charge in [-0.1, -0.05) is 45.9 Å². The number of benzene rings is 1. The number of nitrogens with one attached hydrogen (secondary N) is 2.